The molecule has 1 aliphatic rings. The lowest BCUT2D eigenvalue weighted by molar-refractivity contribution is 0.420. The highest BCUT2D eigenvalue weighted by Gasteiger charge is 2.17. The smallest absolute Gasteiger partial charge is 0.146 e. The Morgan fingerprint density at radius 3 is 2.82 bits per heavy atom. The van der Waals surface area contributed by atoms with Crippen LogP contribution in [0.4, 0.5) is 10.1 Å². The Kier molecular flexibility index (Phi) is 3.82. The van der Waals surface area contributed by atoms with Gasteiger partial charge in [-0.1, -0.05) is 30.7 Å². The van der Waals surface area contributed by atoms with E-state index in [4.69, 9.17) is 0 Å². The van der Waals surface area contributed by atoms with Crippen molar-refractivity contribution in [3.05, 3.63) is 41.7 Å². The van der Waals surface area contributed by atoms with Crippen molar-refractivity contribution in [3.63, 3.8) is 0 Å². The molecule has 0 aromatic heterocycles. The minimum Gasteiger partial charge on any atom is -0.382 e. The minimum atomic E-state index is -0.163. The van der Waals surface area contributed by atoms with Crippen molar-refractivity contribution in [2.45, 2.75) is 26.7 Å². The van der Waals surface area contributed by atoms with Gasteiger partial charge in [-0.25, -0.2) is 4.39 Å². The van der Waals surface area contributed by atoms with Crippen molar-refractivity contribution < 1.29 is 4.39 Å². The average Bonchev–Trinajstić information content (AvgIpc) is 2.27. The Balaban J connectivity index is 1.91. The number of para-hydroxylation sites is 1. The Morgan fingerprint density at radius 1 is 1.35 bits per heavy atom. The number of rotatable bonds is 3. The lowest BCUT2D eigenvalue weighted by atomic mass is 9.84. The normalized spacial score (nSPS) is 24.3. The van der Waals surface area contributed by atoms with Gasteiger partial charge in [0.05, 0.1) is 5.69 Å². The van der Waals surface area contributed by atoms with Crippen LogP contribution in [0.15, 0.2) is 35.9 Å². The Bertz CT molecular complexity index is 411. The lowest BCUT2D eigenvalue weighted by Crippen LogP contribution is -2.20. The van der Waals surface area contributed by atoms with Crippen molar-refractivity contribution in [3.8, 4) is 0 Å². The van der Waals surface area contributed by atoms with Gasteiger partial charge in [0, 0.05) is 6.54 Å². The van der Waals surface area contributed by atoms with E-state index in [1.54, 1.807) is 12.1 Å². The summed E-state index contributed by atoms with van der Waals surface area (Å²) in [7, 11) is 0. The van der Waals surface area contributed by atoms with E-state index in [1.807, 2.05) is 6.07 Å². The van der Waals surface area contributed by atoms with Crippen molar-refractivity contribution in [2.24, 2.45) is 11.8 Å². The summed E-state index contributed by atoms with van der Waals surface area (Å²) in [6, 6.07) is 6.87. The maximum Gasteiger partial charge on any atom is 0.146 e. The summed E-state index contributed by atoms with van der Waals surface area (Å²) in [6.07, 6.45) is 4.67. The summed E-state index contributed by atoms with van der Waals surface area (Å²) in [4.78, 5) is 0. The molecule has 1 N–H and O–H groups in total. The van der Waals surface area contributed by atoms with Gasteiger partial charge in [0.2, 0.25) is 0 Å². The number of benzene rings is 1. The van der Waals surface area contributed by atoms with Crippen LogP contribution in [0.2, 0.25) is 0 Å². The van der Waals surface area contributed by atoms with Crippen LogP contribution in [-0.4, -0.2) is 6.54 Å². The lowest BCUT2D eigenvalue weighted by Gasteiger charge is -2.26. The van der Waals surface area contributed by atoms with E-state index in [0.29, 0.717) is 17.5 Å². The second-order valence-corrected chi connectivity index (χ2v) is 5.16. The molecule has 0 radical (unpaired) electrons. The molecule has 2 unspecified atom stereocenters. The Hall–Kier alpha value is -1.31. The Labute approximate surface area is 103 Å². The van der Waals surface area contributed by atoms with Crippen molar-refractivity contribution >= 4 is 5.69 Å². The topological polar surface area (TPSA) is 12.0 Å². The molecule has 1 aromatic carbocycles. The first-order valence-corrected chi connectivity index (χ1v) is 6.31. The second-order valence-electron chi connectivity index (χ2n) is 5.16. The van der Waals surface area contributed by atoms with Gasteiger partial charge in [0.25, 0.3) is 0 Å². The molecule has 17 heavy (non-hydrogen) atoms. The number of hydrogen-bond acceptors (Lipinski definition) is 1. The molecule has 1 aromatic rings. The fraction of sp³-hybridized carbons (Fsp3) is 0.467. The van der Waals surface area contributed by atoms with Gasteiger partial charge in [-0.15, -0.1) is 0 Å². The van der Waals surface area contributed by atoms with Crippen LogP contribution in [0.3, 0.4) is 0 Å². The number of allylic oxidation sites excluding steroid dienone is 2. The van der Waals surface area contributed by atoms with Crippen LogP contribution in [0.25, 0.3) is 0 Å². The van der Waals surface area contributed by atoms with Crippen molar-refractivity contribution in [1.82, 2.24) is 0 Å². The maximum atomic E-state index is 13.4. The summed E-state index contributed by atoms with van der Waals surface area (Å²) < 4.78 is 13.4. The molecule has 0 saturated heterocycles. The average molecular weight is 233 g/mol. The summed E-state index contributed by atoms with van der Waals surface area (Å²) in [5, 5.41) is 3.22. The van der Waals surface area contributed by atoms with E-state index in [2.05, 4.69) is 25.2 Å². The highest BCUT2D eigenvalue weighted by atomic mass is 19.1. The van der Waals surface area contributed by atoms with Gasteiger partial charge >= 0.3 is 0 Å². The molecule has 0 saturated carbocycles. The molecule has 2 atom stereocenters. The molecule has 0 fully saturated rings. The number of halogens is 1. The number of anilines is 1. The van der Waals surface area contributed by atoms with E-state index in [-0.39, 0.29) is 5.82 Å². The fourth-order valence-electron chi connectivity index (χ4n) is 2.70. The second kappa shape index (κ2) is 5.35. The molecule has 0 bridgehead atoms. The van der Waals surface area contributed by atoms with Crippen LogP contribution in [0, 0.1) is 17.7 Å². The van der Waals surface area contributed by atoms with Gasteiger partial charge in [-0.3, -0.25) is 0 Å². The van der Waals surface area contributed by atoms with E-state index >= 15 is 0 Å². The molecule has 92 valence electrons. The van der Waals surface area contributed by atoms with Crippen molar-refractivity contribution in [2.75, 3.05) is 11.9 Å². The van der Waals surface area contributed by atoms with Crippen LogP contribution >= 0.6 is 0 Å². The largest absolute Gasteiger partial charge is 0.382 e. The fourth-order valence-corrected chi connectivity index (χ4v) is 2.70. The molecular weight excluding hydrogens is 213 g/mol. The van der Waals surface area contributed by atoms with E-state index in [0.717, 1.165) is 13.0 Å². The SMILES string of the molecule is CC1=CC(C)CC(CNc2ccccc2F)C1. The van der Waals surface area contributed by atoms with Gasteiger partial charge in [-0.2, -0.15) is 0 Å². The molecule has 0 spiro atoms. The van der Waals surface area contributed by atoms with Crippen molar-refractivity contribution in [1.29, 1.82) is 0 Å². The van der Waals surface area contributed by atoms with E-state index < -0.39 is 0 Å². The number of nitrogens with one attached hydrogen (secondary N) is 1. The summed E-state index contributed by atoms with van der Waals surface area (Å²) in [6.45, 7) is 5.29. The predicted molar refractivity (Wildman–Crippen MR) is 70.5 cm³/mol. The van der Waals surface area contributed by atoms with Gasteiger partial charge in [-0.05, 0) is 43.7 Å². The number of hydrogen-bond donors (Lipinski definition) is 1. The van der Waals surface area contributed by atoms with Gasteiger partial charge < -0.3 is 5.32 Å². The molecule has 2 rings (SSSR count). The first kappa shape index (κ1) is 12.2. The zero-order valence-corrected chi connectivity index (χ0v) is 10.5. The van der Waals surface area contributed by atoms with Crippen LogP contribution in [0.5, 0.6) is 0 Å². The van der Waals surface area contributed by atoms with Gasteiger partial charge in [0.15, 0.2) is 0 Å². The summed E-state index contributed by atoms with van der Waals surface area (Å²) in [5.41, 5.74) is 2.08. The third kappa shape index (κ3) is 3.32. The highest BCUT2D eigenvalue weighted by Crippen LogP contribution is 2.28. The first-order chi connectivity index (χ1) is 8.15. The van der Waals surface area contributed by atoms with E-state index in [1.165, 1.54) is 18.1 Å². The van der Waals surface area contributed by atoms with Crippen LogP contribution in [0.1, 0.15) is 26.7 Å². The molecule has 0 aliphatic heterocycles. The molecule has 0 heterocycles. The standard InChI is InChI=1S/C15H20FN/c1-11-7-12(2)9-13(8-11)10-17-15-6-4-3-5-14(15)16/h3-7,11,13,17H,8-10H2,1-2H3. The maximum absolute atomic E-state index is 13.4. The monoisotopic (exact) mass is 233 g/mol. The van der Waals surface area contributed by atoms with Crippen LogP contribution in [-0.2, 0) is 0 Å². The molecule has 1 aliphatic carbocycles. The molecule has 2 heteroatoms. The third-order valence-electron chi connectivity index (χ3n) is 3.34. The van der Waals surface area contributed by atoms with Crippen LogP contribution < -0.4 is 5.32 Å². The van der Waals surface area contributed by atoms with Gasteiger partial charge in [0.1, 0.15) is 5.82 Å². The zero-order chi connectivity index (χ0) is 12.3. The quantitative estimate of drug-likeness (QED) is 0.770. The first-order valence-electron chi connectivity index (χ1n) is 6.31. The molecular formula is C15H20FN. The van der Waals surface area contributed by atoms with E-state index in [9.17, 15) is 4.39 Å². The molecule has 0 amide bonds. The Morgan fingerprint density at radius 2 is 2.12 bits per heavy atom. The third-order valence-corrected chi connectivity index (χ3v) is 3.34. The zero-order valence-electron chi connectivity index (χ0n) is 10.5. The summed E-state index contributed by atoms with van der Waals surface area (Å²) >= 11 is 0. The minimum absolute atomic E-state index is 0.163. The highest BCUT2D eigenvalue weighted by molar-refractivity contribution is 5.44. The predicted octanol–water partition coefficient (Wildman–Crippen LogP) is 4.23. The summed E-state index contributed by atoms with van der Waals surface area (Å²) in [5.74, 6) is 1.11. The molecule has 1 nitrogen and oxygen atoms in total.